The van der Waals surface area contributed by atoms with Gasteiger partial charge in [0.15, 0.2) is 5.13 Å². The number of aromatic nitrogens is 1. The van der Waals surface area contributed by atoms with E-state index in [4.69, 9.17) is 5.11 Å². The maximum Gasteiger partial charge on any atom is 0.321 e. The molecule has 2 aromatic rings. The lowest BCUT2D eigenvalue weighted by atomic mass is 10.1. The molecule has 122 valence electrons. The third-order valence-corrected chi connectivity index (χ3v) is 4.30. The Hall–Kier alpha value is -1.93. The molecular weight excluding hydrogens is 382 g/mol. The molecule has 1 heterocycles. The van der Waals surface area contributed by atoms with Crippen LogP contribution in [-0.4, -0.2) is 28.6 Å². The molecule has 2 rings (SSSR count). The summed E-state index contributed by atoms with van der Waals surface area (Å²) in [6, 6.07) is 7.65. The van der Waals surface area contributed by atoms with Crippen molar-refractivity contribution in [3.63, 3.8) is 0 Å². The minimum Gasteiger partial charge on any atom is -0.481 e. The number of carboxylic acid groups (broad SMARTS) is 1. The third-order valence-electron chi connectivity index (χ3n) is 2.89. The molecule has 0 aliphatic carbocycles. The predicted octanol–water partition coefficient (Wildman–Crippen LogP) is 3.48. The molecule has 0 saturated heterocycles. The summed E-state index contributed by atoms with van der Waals surface area (Å²) in [5, 5.41) is 14.3. The largest absolute Gasteiger partial charge is 0.481 e. The van der Waals surface area contributed by atoms with E-state index in [-0.39, 0.29) is 12.5 Å². The second kappa shape index (κ2) is 8.64. The van der Waals surface area contributed by atoms with Gasteiger partial charge in [0, 0.05) is 34.9 Å². The van der Waals surface area contributed by atoms with Gasteiger partial charge in [-0.2, -0.15) is 0 Å². The quantitative estimate of drug-likeness (QED) is 0.623. The zero-order valence-electron chi connectivity index (χ0n) is 12.2. The lowest BCUT2D eigenvalue weighted by Crippen LogP contribution is -2.29. The topological polar surface area (TPSA) is 91.3 Å². The van der Waals surface area contributed by atoms with Crippen molar-refractivity contribution < 1.29 is 14.7 Å². The number of nitrogens with zero attached hydrogens (tertiary/aromatic N) is 1. The monoisotopic (exact) mass is 397 g/mol. The lowest BCUT2D eigenvalue weighted by Gasteiger charge is -2.03. The summed E-state index contributed by atoms with van der Waals surface area (Å²) in [5.74, 6) is -0.871. The molecule has 0 fully saturated rings. The Morgan fingerprint density at radius 3 is 2.91 bits per heavy atom. The second-order valence-electron chi connectivity index (χ2n) is 4.82. The average molecular weight is 398 g/mol. The number of hydrogen-bond acceptors (Lipinski definition) is 4. The third kappa shape index (κ3) is 6.37. The Bertz CT molecular complexity index is 690. The van der Waals surface area contributed by atoms with E-state index in [1.165, 1.54) is 11.3 Å². The highest BCUT2D eigenvalue weighted by atomic mass is 79.9. The number of carbonyl (C=O) groups excluding carboxylic acids is 1. The van der Waals surface area contributed by atoms with Crippen LogP contribution in [0.4, 0.5) is 9.93 Å². The van der Waals surface area contributed by atoms with Crippen LogP contribution < -0.4 is 10.6 Å². The van der Waals surface area contributed by atoms with Gasteiger partial charge in [-0.25, -0.2) is 9.78 Å². The first-order valence-electron chi connectivity index (χ1n) is 6.99. The molecule has 0 spiro atoms. The molecule has 8 heteroatoms. The highest BCUT2D eigenvalue weighted by Crippen LogP contribution is 2.22. The summed E-state index contributed by atoms with van der Waals surface area (Å²) in [6.07, 6.45) is 2.92. The predicted molar refractivity (Wildman–Crippen MR) is 93.0 cm³/mol. The molecule has 0 aliphatic rings. The fourth-order valence-electron chi connectivity index (χ4n) is 1.88. The van der Waals surface area contributed by atoms with Crippen molar-refractivity contribution in [2.45, 2.75) is 19.3 Å². The number of amides is 2. The van der Waals surface area contributed by atoms with Gasteiger partial charge in [-0.05, 0) is 24.1 Å². The zero-order valence-corrected chi connectivity index (χ0v) is 14.6. The smallest absolute Gasteiger partial charge is 0.321 e. The van der Waals surface area contributed by atoms with E-state index in [1.807, 2.05) is 24.3 Å². The van der Waals surface area contributed by atoms with Gasteiger partial charge in [-0.1, -0.05) is 28.1 Å². The number of carboxylic acids is 1. The van der Waals surface area contributed by atoms with Crippen LogP contribution >= 0.6 is 27.3 Å². The van der Waals surface area contributed by atoms with E-state index in [0.717, 1.165) is 21.3 Å². The minimum absolute atomic E-state index is 0.0360. The van der Waals surface area contributed by atoms with Gasteiger partial charge in [0.1, 0.15) is 0 Å². The number of rotatable bonds is 7. The van der Waals surface area contributed by atoms with Crippen molar-refractivity contribution in [3.05, 3.63) is 45.4 Å². The van der Waals surface area contributed by atoms with Crippen molar-refractivity contribution in [1.29, 1.82) is 0 Å². The lowest BCUT2D eigenvalue weighted by molar-refractivity contribution is -0.137. The highest BCUT2D eigenvalue weighted by molar-refractivity contribution is 9.10. The fraction of sp³-hybridized carbons (Fsp3) is 0.267. The summed E-state index contributed by atoms with van der Waals surface area (Å²) in [5.41, 5.74) is 1.16. The van der Waals surface area contributed by atoms with Crippen LogP contribution in [0.3, 0.4) is 0 Å². The SMILES string of the molecule is O=C(O)CCCNC(=O)Nc1ncc(Cc2cccc(Br)c2)s1. The van der Waals surface area contributed by atoms with Gasteiger partial charge in [0.05, 0.1) is 0 Å². The molecule has 1 aromatic heterocycles. The fourth-order valence-corrected chi connectivity index (χ4v) is 3.17. The van der Waals surface area contributed by atoms with Crippen LogP contribution in [0.2, 0.25) is 0 Å². The van der Waals surface area contributed by atoms with Gasteiger partial charge >= 0.3 is 12.0 Å². The summed E-state index contributed by atoms with van der Waals surface area (Å²) < 4.78 is 1.03. The van der Waals surface area contributed by atoms with E-state index >= 15 is 0 Å². The molecule has 1 aromatic carbocycles. The summed E-state index contributed by atoms with van der Waals surface area (Å²) in [6.45, 7) is 0.314. The van der Waals surface area contributed by atoms with Crippen LogP contribution in [0.1, 0.15) is 23.3 Å². The van der Waals surface area contributed by atoms with Crippen LogP contribution in [0.5, 0.6) is 0 Å². The maximum atomic E-state index is 11.7. The van der Waals surface area contributed by atoms with Gasteiger partial charge in [0.25, 0.3) is 0 Å². The summed E-state index contributed by atoms with van der Waals surface area (Å²) in [7, 11) is 0. The first kappa shape index (κ1) is 17.4. The van der Waals surface area contributed by atoms with Crippen molar-refractivity contribution in [2.75, 3.05) is 11.9 Å². The number of anilines is 1. The molecule has 0 bridgehead atoms. The van der Waals surface area contributed by atoms with Crippen LogP contribution in [0, 0.1) is 0 Å². The number of hydrogen-bond donors (Lipinski definition) is 3. The Labute approximate surface area is 146 Å². The summed E-state index contributed by atoms with van der Waals surface area (Å²) >= 11 is 4.85. The Morgan fingerprint density at radius 2 is 2.17 bits per heavy atom. The average Bonchev–Trinajstić information content (AvgIpc) is 2.90. The number of carbonyl (C=O) groups is 2. The van der Waals surface area contributed by atoms with E-state index in [1.54, 1.807) is 6.20 Å². The molecule has 3 N–H and O–H groups in total. The standard InChI is InChI=1S/C15H16BrN3O3S/c16-11-4-1-3-10(7-11)8-12-9-18-15(23-12)19-14(22)17-6-2-5-13(20)21/h1,3-4,7,9H,2,5-6,8H2,(H,20,21)(H2,17,18,19,22). The van der Waals surface area contributed by atoms with Crippen molar-refractivity contribution >= 4 is 44.4 Å². The van der Waals surface area contributed by atoms with Gasteiger partial charge in [-0.3, -0.25) is 10.1 Å². The molecule has 0 atom stereocenters. The van der Waals surface area contributed by atoms with Crippen LogP contribution in [-0.2, 0) is 11.2 Å². The first-order chi connectivity index (χ1) is 11.0. The van der Waals surface area contributed by atoms with E-state index in [2.05, 4.69) is 31.5 Å². The zero-order chi connectivity index (χ0) is 16.7. The molecule has 0 aliphatic heterocycles. The number of urea groups is 1. The molecule has 0 saturated carbocycles. The van der Waals surface area contributed by atoms with E-state index in [9.17, 15) is 9.59 Å². The Morgan fingerprint density at radius 1 is 1.35 bits per heavy atom. The molecule has 2 amide bonds. The Kier molecular flexibility index (Phi) is 6.54. The van der Waals surface area contributed by atoms with Crippen LogP contribution in [0.15, 0.2) is 34.9 Å². The minimum atomic E-state index is -0.871. The summed E-state index contributed by atoms with van der Waals surface area (Å²) in [4.78, 5) is 27.2. The van der Waals surface area contributed by atoms with E-state index in [0.29, 0.717) is 18.1 Å². The molecule has 6 nitrogen and oxygen atoms in total. The van der Waals surface area contributed by atoms with Crippen molar-refractivity contribution in [3.8, 4) is 0 Å². The Balaban J connectivity index is 1.80. The number of benzene rings is 1. The van der Waals surface area contributed by atoms with Crippen molar-refractivity contribution in [2.24, 2.45) is 0 Å². The van der Waals surface area contributed by atoms with Gasteiger partial charge < -0.3 is 10.4 Å². The van der Waals surface area contributed by atoms with E-state index < -0.39 is 5.97 Å². The second-order valence-corrected chi connectivity index (χ2v) is 6.85. The highest BCUT2D eigenvalue weighted by Gasteiger charge is 2.07. The molecular formula is C15H16BrN3O3S. The normalized spacial score (nSPS) is 10.3. The molecule has 0 radical (unpaired) electrons. The number of thiazole rings is 1. The number of aliphatic carboxylic acids is 1. The van der Waals surface area contributed by atoms with Gasteiger partial charge in [-0.15, -0.1) is 11.3 Å². The van der Waals surface area contributed by atoms with Crippen LogP contribution in [0.25, 0.3) is 0 Å². The van der Waals surface area contributed by atoms with Crippen molar-refractivity contribution in [1.82, 2.24) is 10.3 Å². The van der Waals surface area contributed by atoms with Gasteiger partial charge in [0.2, 0.25) is 0 Å². The molecule has 0 unspecified atom stereocenters. The molecule has 23 heavy (non-hydrogen) atoms. The number of nitrogens with one attached hydrogen (secondary N) is 2. The number of halogens is 1. The first-order valence-corrected chi connectivity index (χ1v) is 8.59. The maximum absolute atomic E-state index is 11.7.